The summed E-state index contributed by atoms with van der Waals surface area (Å²) in [5, 5.41) is 17.4. The van der Waals surface area contributed by atoms with E-state index < -0.39 is 11.3 Å². The molecule has 0 fully saturated rings. The van der Waals surface area contributed by atoms with Crippen LogP contribution in [-0.4, -0.2) is 11.5 Å². The molecule has 0 amide bonds. The van der Waals surface area contributed by atoms with Crippen molar-refractivity contribution in [1.29, 1.82) is 0 Å². The Morgan fingerprint density at radius 2 is 2.15 bits per heavy atom. The lowest BCUT2D eigenvalue weighted by molar-refractivity contribution is -0.385. The Morgan fingerprint density at radius 3 is 2.75 bits per heavy atom. The smallest absolute Gasteiger partial charge is 0.270 e. The second-order valence-corrected chi connectivity index (χ2v) is 4.92. The van der Waals surface area contributed by atoms with Crippen LogP contribution in [0.3, 0.4) is 0 Å². The van der Waals surface area contributed by atoms with Crippen molar-refractivity contribution in [1.82, 2.24) is 0 Å². The zero-order valence-electron chi connectivity index (χ0n) is 10.4. The van der Waals surface area contributed by atoms with Crippen LogP contribution >= 0.6 is 11.3 Å². The van der Waals surface area contributed by atoms with Gasteiger partial charge < -0.3 is 5.32 Å². The number of benzene rings is 1. The fourth-order valence-corrected chi connectivity index (χ4v) is 2.48. The van der Waals surface area contributed by atoms with Crippen molar-refractivity contribution >= 4 is 22.7 Å². The highest BCUT2D eigenvalue weighted by Gasteiger charge is 2.17. The molecule has 0 aliphatic rings. The summed E-state index contributed by atoms with van der Waals surface area (Å²) in [7, 11) is 0. The number of non-ortho nitro benzene ring substituents is 1. The lowest BCUT2D eigenvalue weighted by Gasteiger charge is -2.11. The van der Waals surface area contributed by atoms with Gasteiger partial charge in [-0.15, -0.1) is 0 Å². The summed E-state index contributed by atoms with van der Waals surface area (Å²) in [6, 6.07) is 5.43. The highest BCUT2D eigenvalue weighted by atomic mass is 32.1. The van der Waals surface area contributed by atoms with Gasteiger partial charge in [-0.2, -0.15) is 11.3 Å². The molecule has 1 heterocycles. The Labute approximate surface area is 118 Å². The fourth-order valence-electron chi connectivity index (χ4n) is 1.78. The van der Waals surface area contributed by atoms with Gasteiger partial charge in [-0.05, 0) is 34.9 Å². The van der Waals surface area contributed by atoms with Crippen molar-refractivity contribution in [2.24, 2.45) is 0 Å². The lowest BCUT2D eigenvalue weighted by Crippen LogP contribution is -2.07. The van der Waals surface area contributed by atoms with Crippen LogP contribution in [0.25, 0.3) is 0 Å². The number of hydrogen-bond donors (Lipinski definition) is 1. The van der Waals surface area contributed by atoms with E-state index >= 15 is 0 Å². The Kier molecular flexibility index (Phi) is 4.62. The minimum atomic E-state index is -2.75. The molecule has 2 aromatic rings. The third kappa shape index (κ3) is 3.51. The fraction of sp³-hybridized carbons (Fsp3) is 0.231. The summed E-state index contributed by atoms with van der Waals surface area (Å²) in [6.07, 6.45) is -2.04. The third-order valence-electron chi connectivity index (χ3n) is 2.79. The number of thiophene rings is 1. The van der Waals surface area contributed by atoms with E-state index in [1.165, 1.54) is 12.1 Å². The van der Waals surface area contributed by atoms with Gasteiger partial charge in [0.2, 0.25) is 0 Å². The van der Waals surface area contributed by atoms with Crippen LogP contribution in [0.15, 0.2) is 35.0 Å². The van der Waals surface area contributed by atoms with Gasteiger partial charge in [-0.3, -0.25) is 10.1 Å². The average Bonchev–Trinajstić information content (AvgIpc) is 2.91. The van der Waals surface area contributed by atoms with Crippen molar-refractivity contribution in [2.75, 3.05) is 11.9 Å². The van der Waals surface area contributed by atoms with Gasteiger partial charge in [0.25, 0.3) is 12.1 Å². The molecule has 0 spiro atoms. The van der Waals surface area contributed by atoms with E-state index in [2.05, 4.69) is 5.32 Å². The van der Waals surface area contributed by atoms with E-state index in [1.54, 1.807) is 11.3 Å². The molecule has 0 unspecified atom stereocenters. The molecule has 106 valence electrons. The van der Waals surface area contributed by atoms with Crippen molar-refractivity contribution < 1.29 is 13.7 Å². The molecule has 0 saturated heterocycles. The summed E-state index contributed by atoms with van der Waals surface area (Å²) >= 11 is 1.58. The summed E-state index contributed by atoms with van der Waals surface area (Å²) in [4.78, 5) is 9.92. The van der Waals surface area contributed by atoms with Crippen LogP contribution in [0.4, 0.5) is 20.2 Å². The van der Waals surface area contributed by atoms with Crippen LogP contribution in [0.2, 0.25) is 0 Å². The van der Waals surface area contributed by atoms with E-state index in [0.717, 1.165) is 11.6 Å². The highest BCUT2D eigenvalue weighted by molar-refractivity contribution is 7.07. The molecule has 20 heavy (non-hydrogen) atoms. The molecule has 0 saturated carbocycles. The molecule has 0 atom stereocenters. The van der Waals surface area contributed by atoms with Crippen molar-refractivity contribution in [2.45, 2.75) is 12.8 Å². The molecule has 0 bridgehead atoms. The van der Waals surface area contributed by atoms with Crippen LogP contribution < -0.4 is 5.32 Å². The lowest BCUT2D eigenvalue weighted by atomic mass is 10.1. The first kappa shape index (κ1) is 14.4. The van der Waals surface area contributed by atoms with Gasteiger partial charge in [-0.25, -0.2) is 8.78 Å². The van der Waals surface area contributed by atoms with Gasteiger partial charge in [0.05, 0.1) is 4.92 Å². The van der Waals surface area contributed by atoms with Gasteiger partial charge in [0.1, 0.15) is 0 Å². The molecule has 0 aliphatic heterocycles. The van der Waals surface area contributed by atoms with E-state index in [0.29, 0.717) is 13.0 Å². The standard InChI is InChI=1S/C13H12F2N2O2S/c14-13(15)11-7-10(17(18)19)1-2-12(11)16-5-3-9-4-6-20-8-9/h1-2,4,6-8,13,16H,3,5H2. The summed E-state index contributed by atoms with van der Waals surface area (Å²) in [5.74, 6) is 0. The van der Waals surface area contributed by atoms with Crippen LogP contribution in [0.1, 0.15) is 17.6 Å². The largest absolute Gasteiger partial charge is 0.384 e. The Bertz CT molecular complexity index is 588. The molecular weight excluding hydrogens is 286 g/mol. The normalized spacial score (nSPS) is 10.8. The van der Waals surface area contributed by atoms with E-state index in [4.69, 9.17) is 0 Å². The second-order valence-electron chi connectivity index (χ2n) is 4.14. The minimum Gasteiger partial charge on any atom is -0.384 e. The number of halogens is 2. The molecule has 7 heteroatoms. The number of nitro benzene ring substituents is 1. The number of rotatable bonds is 6. The molecule has 2 rings (SSSR count). The molecular formula is C13H12F2N2O2S. The van der Waals surface area contributed by atoms with Crippen LogP contribution in [0, 0.1) is 10.1 Å². The van der Waals surface area contributed by atoms with Gasteiger partial charge >= 0.3 is 0 Å². The monoisotopic (exact) mass is 298 g/mol. The summed E-state index contributed by atoms with van der Waals surface area (Å²) < 4.78 is 25.8. The van der Waals surface area contributed by atoms with Gasteiger partial charge in [0, 0.05) is 29.9 Å². The zero-order valence-corrected chi connectivity index (χ0v) is 11.2. The van der Waals surface area contributed by atoms with Crippen molar-refractivity contribution in [3.8, 4) is 0 Å². The first-order chi connectivity index (χ1) is 9.58. The predicted octanol–water partition coefficient (Wildman–Crippen LogP) is 4.25. The number of hydrogen-bond acceptors (Lipinski definition) is 4. The maximum atomic E-state index is 12.9. The number of nitrogens with one attached hydrogen (secondary N) is 1. The van der Waals surface area contributed by atoms with E-state index in [-0.39, 0.29) is 16.9 Å². The first-order valence-corrected chi connectivity index (χ1v) is 6.83. The van der Waals surface area contributed by atoms with Crippen molar-refractivity contribution in [3.05, 3.63) is 56.3 Å². The zero-order chi connectivity index (χ0) is 14.5. The van der Waals surface area contributed by atoms with E-state index in [9.17, 15) is 18.9 Å². The third-order valence-corrected chi connectivity index (χ3v) is 3.52. The number of alkyl halides is 2. The number of nitro groups is 1. The Morgan fingerprint density at radius 1 is 1.35 bits per heavy atom. The van der Waals surface area contributed by atoms with Crippen molar-refractivity contribution in [3.63, 3.8) is 0 Å². The molecule has 1 N–H and O–H groups in total. The van der Waals surface area contributed by atoms with Gasteiger partial charge in [-0.1, -0.05) is 0 Å². The topological polar surface area (TPSA) is 55.2 Å². The highest BCUT2D eigenvalue weighted by Crippen LogP contribution is 2.30. The SMILES string of the molecule is O=[N+]([O-])c1ccc(NCCc2ccsc2)c(C(F)F)c1. The Hall–Kier alpha value is -2.02. The number of nitrogens with zero attached hydrogens (tertiary/aromatic N) is 1. The first-order valence-electron chi connectivity index (χ1n) is 5.89. The molecule has 1 aromatic heterocycles. The van der Waals surface area contributed by atoms with Crippen LogP contribution in [-0.2, 0) is 6.42 Å². The molecule has 1 aromatic carbocycles. The average molecular weight is 298 g/mol. The predicted molar refractivity (Wildman–Crippen MR) is 74.6 cm³/mol. The van der Waals surface area contributed by atoms with Gasteiger partial charge in [0.15, 0.2) is 0 Å². The maximum absolute atomic E-state index is 12.9. The molecule has 0 aliphatic carbocycles. The second kappa shape index (κ2) is 6.42. The Balaban J connectivity index is 2.08. The number of anilines is 1. The van der Waals surface area contributed by atoms with Crippen LogP contribution in [0.5, 0.6) is 0 Å². The summed E-state index contributed by atoms with van der Waals surface area (Å²) in [6.45, 7) is 0.494. The summed E-state index contributed by atoms with van der Waals surface area (Å²) in [5.41, 5.74) is 0.692. The quantitative estimate of drug-likeness (QED) is 0.640. The molecule has 0 radical (unpaired) electrons. The molecule has 4 nitrogen and oxygen atoms in total. The minimum absolute atomic E-state index is 0.237. The van der Waals surface area contributed by atoms with E-state index in [1.807, 2.05) is 16.8 Å². The maximum Gasteiger partial charge on any atom is 0.270 e.